The zero-order valence-electron chi connectivity index (χ0n) is 12.6. The van der Waals surface area contributed by atoms with Gasteiger partial charge in [0.1, 0.15) is 6.61 Å². The summed E-state index contributed by atoms with van der Waals surface area (Å²) in [5, 5.41) is 0. The molecular weight excluding hydrogens is 258 g/mol. The second kappa shape index (κ2) is 7.14. The van der Waals surface area contributed by atoms with E-state index in [1.54, 1.807) is 21.0 Å². The van der Waals surface area contributed by atoms with E-state index < -0.39 is 5.41 Å². The van der Waals surface area contributed by atoms with Gasteiger partial charge in [-0.15, -0.1) is 0 Å². The first-order valence-electron chi connectivity index (χ1n) is 6.53. The van der Waals surface area contributed by atoms with Gasteiger partial charge >= 0.3 is 5.97 Å². The molecule has 0 radical (unpaired) electrons. The van der Waals surface area contributed by atoms with Crippen LogP contribution in [0, 0.1) is 5.41 Å². The van der Waals surface area contributed by atoms with Crippen molar-refractivity contribution in [3.05, 3.63) is 23.8 Å². The van der Waals surface area contributed by atoms with Crippen LogP contribution in [0.15, 0.2) is 18.2 Å². The van der Waals surface area contributed by atoms with E-state index in [0.29, 0.717) is 18.0 Å². The van der Waals surface area contributed by atoms with Gasteiger partial charge in [-0.25, -0.2) is 0 Å². The fourth-order valence-corrected chi connectivity index (χ4v) is 1.75. The van der Waals surface area contributed by atoms with Crippen molar-refractivity contribution in [2.24, 2.45) is 11.1 Å². The normalized spacial score (nSPS) is 11.1. The average Bonchev–Trinajstić information content (AvgIpc) is 2.44. The monoisotopic (exact) mass is 281 g/mol. The third-order valence-electron chi connectivity index (χ3n) is 2.99. The largest absolute Gasteiger partial charge is 0.493 e. The number of carbonyl (C=O) groups excluding carboxylic acids is 1. The number of hydrogen-bond donors (Lipinski definition) is 1. The molecule has 2 N–H and O–H groups in total. The second-order valence-electron chi connectivity index (χ2n) is 5.19. The molecule has 5 nitrogen and oxygen atoms in total. The molecule has 0 bridgehead atoms. The molecule has 5 heteroatoms. The number of methoxy groups -OCH3 is 2. The van der Waals surface area contributed by atoms with Crippen molar-refractivity contribution in [1.29, 1.82) is 0 Å². The van der Waals surface area contributed by atoms with Gasteiger partial charge in [-0.2, -0.15) is 0 Å². The van der Waals surface area contributed by atoms with Gasteiger partial charge in [0.2, 0.25) is 0 Å². The molecule has 0 aromatic heterocycles. The van der Waals surface area contributed by atoms with Crippen molar-refractivity contribution in [3.8, 4) is 11.5 Å². The number of benzene rings is 1. The number of esters is 1. The zero-order chi connectivity index (χ0) is 15.2. The van der Waals surface area contributed by atoms with Crippen molar-refractivity contribution in [3.63, 3.8) is 0 Å². The van der Waals surface area contributed by atoms with Gasteiger partial charge in [0.05, 0.1) is 19.6 Å². The first-order chi connectivity index (χ1) is 9.44. The van der Waals surface area contributed by atoms with Crippen LogP contribution in [-0.4, -0.2) is 33.3 Å². The van der Waals surface area contributed by atoms with E-state index in [2.05, 4.69) is 0 Å². The quantitative estimate of drug-likeness (QED) is 0.771. The Kier molecular flexibility index (Phi) is 5.82. The summed E-state index contributed by atoms with van der Waals surface area (Å²) in [6.07, 6.45) is 0.765. The van der Waals surface area contributed by atoms with Crippen molar-refractivity contribution in [1.82, 2.24) is 0 Å². The molecule has 1 rings (SSSR count). The van der Waals surface area contributed by atoms with E-state index in [1.807, 2.05) is 18.2 Å². The lowest BCUT2D eigenvalue weighted by Gasteiger charge is -2.22. The molecule has 0 aliphatic heterocycles. The molecule has 0 saturated carbocycles. The molecule has 0 unspecified atom stereocenters. The maximum absolute atomic E-state index is 11.6. The number of carbonyl (C=O) groups is 1. The molecule has 1 aromatic rings. The van der Waals surface area contributed by atoms with E-state index in [4.69, 9.17) is 19.9 Å². The van der Waals surface area contributed by atoms with Crippen molar-refractivity contribution in [2.45, 2.75) is 20.3 Å². The Bertz CT molecular complexity index is 457. The summed E-state index contributed by atoms with van der Waals surface area (Å²) in [5.74, 6) is 0.927. The summed E-state index contributed by atoms with van der Waals surface area (Å²) in [6.45, 7) is 4.33. The number of ether oxygens (including phenoxy) is 3. The Morgan fingerprint density at radius 3 is 2.50 bits per heavy atom. The highest BCUT2D eigenvalue weighted by atomic mass is 16.5. The minimum Gasteiger partial charge on any atom is -0.493 e. The van der Waals surface area contributed by atoms with Crippen LogP contribution >= 0.6 is 0 Å². The number of hydrogen-bond acceptors (Lipinski definition) is 5. The lowest BCUT2D eigenvalue weighted by atomic mass is 9.95. The average molecular weight is 281 g/mol. The summed E-state index contributed by atoms with van der Waals surface area (Å²) in [7, 11) is 2.95. The zero-order valence-corrected chi connectivity index (χ0v) is 12.6. The first kappa shape index (κ1) is 16.3. The van der Waals surface area contributed by atoms with Crippen LogP contribution in [0.25, 0.3) is 0 Å². The summed E-state index contributed by atoms with van der Waals surface area (Å²) >= 11 is 0. The molecule has 0 amide bonds. The van der Waals surface area contributed by atoms with E-state index >= 15 is 0 Å². The summed E-state index contributed by atoms with van der Waals surface area (Å²) < 4.78 is 15.7. The second-order valence-corrected chi connectivity index (χ2v) is 5.19. The minimum absolute atomic E-state index is 0.210. The maximum Gasteiger partial charge on any atom is 0.314 e. The molecular formula is C15H23NO4. The van der Waals surface area contributed by atoms with Crippen LogP contribution in [0.5, 0.6) is 11.5 Å². The van der Waals surface area contributed by atoms with Gasteiger partial charge < -0.3 is 19.9 Å². The van der Waals surface area contributed by atoms with Gasteiger partial charge in [0, 0.05) is 0 Å². The fraction of sp³-hybridized carbons (Fsp3) is 0.533. The standard InChI is InChI=1S/C15H23NO4/c1-15(2,14(17)19-4)10-20-13-9-11(7-8-16)5-6-12(13)18-3/h5-6,9H,7-8,10,16H2,1-4H3. The van der Waals surface area contributed by atoms with E-state index in [9.17, 15) is 4.79 Å². The maximum atomic E-state index is 11.6. The Balaban J connectivity index is 2.84. The molecule has 0 aliphatic carbocycles. The Labute approximate surface area is 120 Å². The van der Waals surface area contributed by atoms with Crippen molar-refractivity contribution in [2.75, 3.05) is 27.4 Å². The predicted molar refractivity (Wildman–Crippen MR) is 77.0 cm³/mol. The van der Waals surface area contributed by atoms with Gasteiger partial charge in [0.15, 0.2) is 11.5 Å². The third kappa shape index (κ3) is 4.13. The van der Waals surface area contributed by atoms with E-state index in [0.717, 1.165) is 12.0 Å². The van der Waals surface area contributed by atoms with Crippen LogP contribution < -0.4 is 15.2 Å². The molecule has 112 valence electrons. The topological polar surface area (TPSA) is 70.8 Å². The van der Waals surface area contributed by atoms with Crippen molar-refractivity contribution < 1.29 is 19.0 Å². The van der Waals surface area contributed by atoms with Crippen LogP contribution in [0.4, 0.5) is 0 Å². The van der Waals surface area contributed by atoms with Crippen molar-refractivity contribution >= 4 is 5.97 Å². The van der Waals surface area contributed by atoms with E-state index in [1.165, 1.54) is 7.11 Å². The molecule has 1 aromatic carbocycles. The number of nitrogens with two attached hydrogens (primary N) is 1. The summed E-state index contributed by atoms with van der Waals surface area (Å²) in [6, 6.07) is 5.68. The summed E-state index contributed by atoms with van der Waals surface area (Å²) in [4.78, 5) is 11.6. The number of rotatable bonds is 7. The van der Waals surface area contributed by atoms with Gasteiger partial charge in [0.25, 0.3) is 0 Å². The highest BCUT2D eigenvalue weighted by molar-refractivity contribution is 5.75. The lowest BCUT2D eigenvalue weighted by Crippen LogP contribution is -2.32. The molecule has 0 spiro atoms. The fourth-order valence-electron chi connectivity index (χ4n) is 1.75. The van der Waals surface area contributed by atoms with Crippen LogP contribution in [-0.2, 0) is 16.0 Å². The van der Waals surface area contributed by atoms with Gasteiger partial charge in [-0.1, -0.05) is 6.07 Å². The van der Waals surface area contributed by atoms with Crippen LogP contribution in [0.2, 0.25) is 0 Å². The molecule has 0 heterocycles. The predicted octanol–water partition coefficient (Wildman–Crippen LogP) is 1.77. The lowest BCUT2D eigenvalue weighted by molar-refractivity contribution is -0.152. The van der Waals surface area contributed by atoms with E-state index in [-0.39, 0.29) is 12.6 Å². The van der Waals surface area contributed by atoms with Gasteiger partial charge in [-0.3, -0.25) is 4.79 Å². The Hall–Kier alpha value is -1.75. The summed E-state index contributed by atoms with van der Waals surface area (Å²) in [5.41, 5.74) is 5.90. The van der Waals surface area contributed by atoms with Gasteiger partial charge in [-0.05, 0) is 44.5 Å². The highest BCUT2D eigenvalue weighted by Crippen LogP contribution is 2.30. The third-order valence-corrected chi connectivity index (χ3v) is 2.99. The SMILES string of the molecule is COC(=O)C(C)(C)COc1cc(CCN)ccc1OC. The Morgan fingerprint density at radius 1 is 1.25 bits per heavy atom. The Morgan fingerprint density at radius 2 is 1.95 bits per heavy atom. The molecule has 0 fully saturated rings. The molecule has 20 heavy (non-hydrogen) atoms. The molecule has 0 saturated heterocycles. The minimum atomic E-state index is -0.719. The molecule has 0 aliphatic rings. The van der Waals surface area contributed by atoms with Crippen LogP contribution in [0.3, 0.4) is 0 Å². The molecule has 0 atom stereocenters. The first-order valence-corrected chi connectivity index (χ1v) is 6.53. The highest BCUT2D eigenvalue weighted by Gasteiger charge is 2.30. The van der Waals surface area contributed by atoms with Crippen LogP contribution in [0.1, 0.15) is 19.4 Å². The smallest absolute Gasteiger partial charge is 0.314 e.